The number of hydrogen-bond donors (Lipinski definition) is 2. The van der Waals surface area contributed by atoms with Crippen LogP contribution in [0.5, 0.6) is 0 Å². The van der Waals surface area contributed by atoms with Gasteiger partial charge in [0.2, 0.25) is 5.91 Å². The Hall–Kier alpha value is -3.50. The van der Waals surface area contributed by atoms with Crippen LogP contribution in [0.2, 0.25) is 5.02 Å². The molecule has 2 aromatic rings. The highest BCUT2D eigenvalue weighted by Crippen LogP contribution is 2.36. The summed E-state index contributed by atoms with van der Waals surface area (Å²) in [6, 6.07) is 10.2. The van der Waals surface area contributed by atoms with Gasteiger partial charge in [-0.2, -0.15) is 0 Å². The third-order valence-corrected chi connectivity index (χ3v) is 7.06. The molecule has 3 amide bonds. The highest BCUT2D eigenvalue weighted by atomic mass is 35.5. The number of para-hydroxylation sites is 1. The molecule has 0 aliphatic rings. The summed E-state index contributed by atoms with van der Waals surface area (Å²) in [5, 5.41) is 6.07. The zero-order valence-corrected chi connectivity index (χ0v) is 25.8. The molecule has 0 saturated carbocycles. The number of hydrogen-bond acceptors (Lipinski definition) is 4. The second-order valence-electron chi connectivity index (χ2n) is 11.8. The maximum Gasteiger partial charge on any atom is 0.408 e. The minimum absolute atomic E-state index is 0.312. The molecule has 40 heavy (non-hydrogen) atoms. The summed E-state index contributed by atoms with van der Waals surface area (Å²) in [7, 11) is 0. The van der Waals surface area contributed by atoms with Gasteiger partial charge >= 0.3 is 6.09 Å². The van der Waals surface area contributed by atoms with Gasteiger partial charge < -0.3 is 20.3 Å². The van der Waals surface area contributed by atoms with Gasteiger partial charge in [-0.25, -0.2) is 4.79 Å². The quantitative estimate of drug-likeness (QED) is 0.323. The number of halogens is 1. The first-order valence-electron chi connectivity index (χ1n) is 13.5. The van der Waals surface area contributed by atoms with E-state index < -0.39 is 41.1 Å². The number of nitrogens with one attached hydrogen (secondary N) is 2. The number of benzene rings is 2. The van der Waals surface area contributed by atoms with Crippen molar-refractivity contribution in [3.63, 3.8) is 0 Å². The molecule has 8 heteroatoms. The molecular formula is C32H42ClN3O4. The maximum atomic E-state index is 14.5. The van der Waals surface area contributed by atoms with Gasteiger partial charge in [-0.3, -0.25) is 9.59 Å². The van der Waals surface area contributed by atoms with E-state index in [1.54, 1.807) is 57.2 Å². The fourth-order valence-corrected chi connectivity index (χ4v) is 4.56. The lowest BCUT2D eigenvalue weighted by Gasteiger charge is -2.45. The zero-order chi connectivity index (χ0) is 30.4. The van der Waals surface area contributed by atoms with Gasteiger partial charge in [0.15, 0.2) is 0 Å². The number of terminal acetylenes is 1. The summed E-state index contributed by atoms with van der Waals surface area (Å²) in [5.41, 5.74) is 0.610. The summed E-state index contributed by atoms with van der Waals surface area (Å²) in [4.78, 5) is 43.1. The first-order valence-corrected chi connectivity index (χ1v) is 13.9. The molecule has 0 bridgehead atoms. The Morgan fingerprint density at radius 2 is 1.68 bits per heavy atom. The molecule has 0 saturated heterocycles. The van der Waals surface area contributed by atoms with Crippen LogP contribution in [0.25, 0.3) is 0 Å². The number of anilines is 1. The van der Waals surface area contributed by atoms with E-state index in [1.807, 2.05) is 47.6 Å². The summed E-state index contributed by atoms with van der Waals surface area (Å²) in [5.74, 6) is 1.43. The second kappa shape index (κ2) is 13.2. The van der Waals surface area contributed by atoms with E-state index in [0.717, 1.165) is 5.56 Å². The van der Waals surface area contributed by atoms with Crippen molar-refractivity contribution in [2.45, 2.75) is 92.0 Å². The van der Waals surface area contributed by atoms with E-state index in [4.69, 9.17) is 22.8 Å². The van der Waals surface area contributed by atoms with Crippen LogP contribution in [-0.4, -0.2) is 40.0 Å². The molecule has 0 aromatic heterocycles. The third-order valence-electron chi connectivity index (χ3n) is 6.75. The molecule has 0 radical (unpaired) electrons. The normalized spacial score (nSPS) is 13.2. The molecule has 0 spiro atoms. The first-order chi connectivity index (χ1) is 18.5. The second-order valence-corrected chi connectivity index (χ2v) is 12.2. The number of carbonyl (C=O) groups is 3. The molecule has 0 aliphatic heterocycles. The lowest BCUT2D eigenvalue weighted by molar-refractivity contribution is -0.148. The number of ether oxygens (including phenoxy) is 1. The van der Waals surface area contributed by atoms with Gasteiger partial charge in [0.1, 0.15) is 17.7 Å². The summed E-state index contributed by atoms with van der Waals surface area (Å²) < 4.78 is 5.45. The SMILES string of the molecule is C#Cc1ccccc1C(C(=O)Nc1c(C)cccc1Cl)N(C(=O)C(NC(=O)OC(C)(C)C)C(C)C)C(C)(C)CC. The van der Waals surface area contributed by atoms with E-state index in [9.17, 15) is 14.4 Å². The first kappa shape index (κ1) is 32.7. The van der Waals surface area contributed by atoms with Gasteiger partial charge in [-0.05, 0) is 77.1 Å². The molecular weight excluding hydrogens is 526 g/mol. The minimum Gasteiger partial charge on any atom is -0.444 e. The largest absolute Gasteiger partial charge is 0.444 e. The van der Waals surface area contributed by atoms with Crippen molar-refractivity contribution in [3.8, 4) is 12.3 Å². The van der Waals surface area contributed by atoms with Crippen molar-refractivity contribution in [1.82, 2.24) is 10.2 Å². The van der Waals surface area contributed by atoms with Crippen molar-refractivity contribution < 1.29 is 19.1 Å². The Morgan fingerprint density at radius 3 is 2.20 bits per heavy atom. The molecule has 0 aliphatic carbocycles. The van der Waals surface area contributed by atoms with Crippen LogP contribution in [-0.2, 0) is 14.3 Å². The Balaban J connectivity index is 2.74. The van der Waals surface area contributed by atoms with E-state index in [0.29, 0.717) is 28.3 Å². The molecule has 7 nitrogen and oxygen atoms in total. The molecule has 2 rings (SSSR count). The Kier molecular flexibility index (Phi) is 10.8. The number of nitrogens with zero attached hydrogens (tertiary/aromatic N) is 1. The average molecular weight is 568 g/mol. The molecule has 2 N–H and O–H groups in total. The van der Waals surface area contributed by atoms with Crippen molar-refractivity contribution in [2.24, 2.45) is 5.92 Å². The number of rotatable bonds is 9. The average Bonchev–Trinajstić information content (AvgIpc) is 2.86. The van der Waals surface area contributed by atoms with E-state index >= 15 is 0 Å². The van der Waals surface area contributed by atoms with Gasteiger partial charge in [0.05, 0.1) is 10.7 Å². The Labute approximate surface area is 244 Å². The lowest BCUT2D eigenvalue weighted by atomic mass is 9.89. The van der Waals surface area contributed by atoms with Crippen LogP contribution in [0.4, 0.5) is 10.5 Å². The van der Waals surface area contributed by atoms with Crippen molar-refractivity contribution >= 4 is 35.2 Å². The van der Waals surface area contributed by atoms with Gasteiger partial charge in [0.25, 0.3) is 5.91 Å². The standard InChI is InChI=1S/C32H42ClN3O4/c1-11-22-17-13-14-18-23(22)27(28(37)34-26-21(5)16-15-19-24(26)33)36(32(9,10)12-2)29(38)25(20(3)4)35-30(39)40-31(6,7)8/h1,13-20,25,27H,12H2,2-10H3,(H,34,37)(H,35,39). The highest BCUT2D eigenvalue weighted by Gasteiger charge is 2.44. The van der Waals surface area contributed by atoms with Gasteiger partial charge in [-0.15, -0.1) is 6.42 Å². The van der Waals surface area contributed by atoms with Crippen molar-refractivity contribution in [1.29, 1.82) is 0 Å². The van der Waals surface area contributed by atoms with Crippen LogP contribution >= 0.6 is 11.6 Å². The van der Waals surface area contributed by atoms with Crippen LogP contribution in [0.3, 0.4) is 0 Å². The van der Waals surface area contributed by atoms with Crippen molar-refractivity contribution in [3.05, 3.63) is 64.2 Å². The fourth-order valence-electron chi connectivity index (χ4n) is 4.29. The lowest BCUT2D eigenvalue weighted by Crippen LogP contribution is -2.60. The third kappa shape index (κ3) is 8.02. The van der Waals surface area contributed by atoms with E-state index in [-0.39, 0.29) is 5.92 Å². The zero-order valence-electron chi connectivity index (χ0n) is 25.0. The predicted molar refractivity (Wildman–Crippen MR) is 161 cm³/mol. The summed E-state index contributed by atoms with van der Waals surface area (Å²) >= 11 is 6.46. The Morgan fingerprint density at radius 1 is 1.05 bits per heavy atom. The van der Waals surface area contributed by atoms with Crippen LogP contribution in [0, 0.1) is 25.2 Å². The number of carbonyl (C=O) groups excluding carboxylic acids is 3. The highest BCUT2D eigenvalue weighted by molar-refractivity contribution is 6.34. The Bertz CT molecular complexity index is 1250. The van der Waals surface area contributed by atoms with E-state index in [1.165, 1.54) is 4.90 Å². The van der Waals surface area contributed by atoms with Crippen molar-refractivity contribution in [2.75, 3.05) is 5.32 Å². The molecule has 0 heterocycles. The topological polar surface area (TPSA) is 87.7 Å². The molecule has 0 fully saturated rings. The molecule has 2 unspecified atom stereocenters. The summed E-state index contributed by atoms with van der Waals surface area (Å²) in [6.07, 6.45) is 5.66. The summed E-state index contributed by atoms with van der Waals surface area (Å²) in [6.45, 7) is 16.4. The number of alkyl carbamates (subject to hydrolysis) is 1. The molecule has 2 aromatic carbocycles. The van der Waals surface area contributed by atoms with Crippen LogP contribution < -0.4 is 10.6 Å². The maximum absolute atomic E-state index is 14.5. The monoisotopic (exact) mass is 567 g/mol. The number of amides is 3. The van der Waals surface area contributed by atoms with Crippen LogP contribution in [0.15, 0.2) is 42.5 Å². The van der Waals surface area contributed by atoms with E-state index in [2.05, 4.69) is 16.6 Å². The minimum atomic E-state index is -1.13. The smallest absolute Gasteiger partial charge is 0.408 e. The molecule has 216 valence electrons. The fraction of sp³-hybridized carbons (Fsp3) is 0.469. The van der Waals surface area contributed by atoms with Gasteiger partial charge in [-0.1, -0.05) is 68.6 Å². The van der Waals surface area contributed by atoms with Crippen LogP contribution in [0.1, 0.15) is 84.5 Å². The molecule has 2 atom stereocenters. The number of aryl methyl sites for hydroxylation is 1. The predicted octanol–water partition coefficient (Wildman–Crippen LogP) is 6.88. The van der Waals surface area contributed by atoms with Gasteiger partial charge in [0, 0.05) is 11.1 Å².